The van der Waals surface area contributed by atoms with Gasteiger partial charge in [0.2, 0.25) is 5.91 Å². The summed E-state index contributed by atoms with van der Waals surface area (Å²) in [5, 5.41) is 6.84. The van der Waals surface area contributed by atoms with Crippen LogP contribution < -0.4 is 5.32 Å². The average molecular weight is 211 g/mol. The Kier molecular flexibility index (Phi) is 2.75. The predicted octanol–water partition coefficient (Wildman–Crippen LogP) is -0.613. The summed E-state index contributed by atoms with van der Waals surface area (Å²) in [4.78, 5) is 22.2. The molecule has 0 aromatic carbocycles. The van der Waals surface area contributed by atoms with E-state index in [2.05, 4.69) is 5.32 Å². The largest absolute Gasteiger partial charge is 0.317 e. The summed E-state index contributed by atoms with van der Waals surface area (Å²) in [5.41, 5.74) is -0.0364. The maximum absolute atomic E-state index is 11.8. The van der Waals surface area contributed by atoms with Crippen LogP contribution in [0.3, 0.4) is 0 Å². The highest BCUT2D eigenvalue weighted by molar-refractivity contribution is 5.81. The third kappa shape index (κ3) is 1.66. The lowest BCUT2D eigenvalue weighted by Crippen LogP contribution is -2.53. The van der Waals surface area contributed by atoms with E-state index >= 15 is 0 Å². The van der Waals surface area contributed by atoms with Crippen molar-refractivity contribution in [3.05, 3.63) is 0 Å². The first-order valence-corrected chi connectivity index (χ1v) is 5.38. The Balaban J connectivity index is 2.15. The Hall–Kier alpha value is -0.940. The van der Waals surface area contributed by atoms with Crippen molar-refractivity contribution in [2.75, 3.05) is 26.7 Å². The minimum atomic E-state index is -0.0364. The number of nitrogens with one attached hydrogen (secondary N) is 1. The number of amides is 1. The maximum Gasteiger partial charge on any atom is 0.239 e. The third-order valence-electron chi connectivity index (χ3n) is 3.60. The van der Waals surface area contributed by atoms with Crippen molar-refractivity contribution in [3.63, 3.8) is 0 Å². The second-order valence-corrected chi connectivity index (χ2v) is 4.32. The molecule has 1 amide bonds. The quantitative estimate of drug-likeness (QED) is 0.619. The van der Waals surface area contributed by atoms with Gasteiger partial charge in [-0.2, -0.15) is 0 Å². The summed E-state index contributed by atoms with van der Waals surface area (Å²) in [5.74, 6) is 0.0755. The SMILES string of the molecule is CN1N(CC=O)C(=O)CC12CCNCC2. The molecule has 0 saturated carbocycles. The molecule has 2 heterocycles. The van der Waals surface area contributed by atoms with Gasteiger partial charge in [-0.15, -0.1) is 0 Å². The van der Waals surface area contributed by atoms with Gasteiger partial charge in [-0.3, -0.25) is 9.80 Å². The van der Waals surface area contributed by atoms with E-state index in [0.717, 1.165) is 32.2 Å². The first-order valence-electron chi connectivity index (χ1n) is 5.38. The topological polar surface area (TPSA) is 52.7 Å². The highest BCUT2D eigenvalue weighted by atomic mass is 16.2. The minimum absolute atomic E-state index is 0.0364. The Labute approximate surface area is 89.4 Å². The van der Waals surface area contributed by atoms with Gasteiger partial charge < -0.3 is 10.1 Å². The zero-order chi connectivity index (χ0) is 10.9. The normalized spacial score (nSPS) is 26.2. The van der Waals surface area contributed by atoms with Crippen molar-refractivity contribution < 1.29 is 9.59 Å². The minimum Gasteiger partial charge on any atom is -0.317 e. The molecule has 0 bridgehead atoms. The lowest BCUT2D eigenvalue weighted by molar-refractivity contribution is -0.141. The summed E-state index contributed by atoms with van der Waals surface area (Å²) in [6, 6.07) is 0. The van der Waals surface area contributed by atoms with Crippen molar-refractivity contribution in [3.8, 4) is 0 Å². The monoisotopic (exact) mass is 211 g/mol. The molecule has 0 aliphatic carbocycles. The fourth-order valence-corrected chi connectivity index (χ4v) is 2.60. The van der Waals surface area contributed by atoms with Gasteiger partial charge in [0.25, 0.3) is 0 Å². The van der Waals surface area contributed by atoms with Gasteiger partial charge in [0.05, 0.1) is 12.1 Å². The molecule has 5 nitrogen and oxygen atoms in total. The van der Waals surface area contributed by atoms with Crippen molar-refractivity contribution >= 4 is 12.2 Å². The van der Waals surface area contributed by atoms with Crippen LogP contribution >= 0.6 is 0 Å². The van der Waals surface area contributed by atoms with Gasteiger partial charge in [-0.25, -0.2) is 5.01 Å². The zero-order valence-corrected chi connectivity index (χ0v) is 9.03. The standard InChI is InChI=1S/C10H17N3O2/c1-12-10(2-4-11-5-3-10)8-9(15)13(12)6-7-14/h7,11H,2-6,8H2,1H3. The van der Waals surface area contributed by atoms with Gasteiger partial charge in [0.15, 0.2) is 0 Å². The van der Waals surface area contributed by atoms with Crippen LogP contribution in [0.5, 0.6) is 0 Å². The van der Waals surface area contributed by atoms with Crippen LogP contribution in [0.25, 0.3) is 0 Å². The molecule has 15 heavy (non-hydrogen) atoms. The molecular formula is C10H17N3O2. The van der Waals surface area contributed by atoms with Crippen molar-refractivity contribution in [1.82, 2.24) is 15.3 Å². The molecule has 0 atom stereocenters. The molecule has 0 radical (unpaired) electrons. The van der Waals surface area contributed by atoms with E-state index in [1.165, 1.54) is 0 Å². The van der Waals surface area contributed by atoms with E-state index in [9.17, 15) is 9.59 Å². The van der Waals surface area contributed by atoms with Crippen LogP contribution in [0.1, 0.15) is 19.3 Å². The molecular weight excluding hydrogens is 194 g/mol. The summed E-state index contributed by atoms with van der Waals surface area (Å²) in [6.45, 7) is 2.09. The number of rotatable bonds is 2. The number of aldehydes is 1. The fourth-order valence-electron chi connectivity index (χ4n) is 2.60. The van der Waals surface area contributed by atoms with Crippen molar-refractivity contribution in [1.29, 1.82) is 0 Å². The number of hydrogen-bond acceptors (Lipinski definition) is 4. The summed E-state index contributed by atoms with van der Waals surface area (Å²) in [7, 11) is 1.92. The molecule has 0 unspecified atom stereocenters. The molecule has 5 heteroatoms. The van der Waals surface area contributed by atoms with Crippen LogP contribution in [0, 0.1) is 0 Å². The number of hydrazine groups is 1. The molecule has 2 saturated heterocycles. The Morgan fingerprint density at radius 2 is 2.13 bits per heavy atom. The van der Waals surface area contributed by atoms with E-state index in [0.29, 0.717) is 6.42 Å². The maximum atomic E-state index is 11.8. The van der Waals surface area contributed by atoms with Crippen LogP contribution in [0.4, 0.5) is 0 Å². The average Bonchev–Trinajstić information content (AvgIpc) is 2.45. The second kappa shape index (κ2) is 3.90. The lowest BCUT2D eigenvalue weighted by atomic mass is 9.86. The van der Waals surface area contributed by atoms with Gasteiger partial charge in [0.1, 0.15) is 6.29 Å². The third-order valence-corrected chi connectivity index (χ3v) is 3.60. The molecule has 84 valence electrons. The predicted molar refractivity (Wildman–Crippen MR) is 55.0 cm³/mol. The van der Waals surface area contributed by atoms with Gasteiger partial charge in [-0.1, -0.05) is 0 Å². The smallest absolute Gasteiger partial charge is 0.239 e. The van der Waals surface area contributed by atoms with E-state index < -0.39 is 0 Å². The molecule has 1 N–H and O–H groups in total. The molecule has 2 fully saturated rings. The number of nitrogens with zero attached hydrogens (tertiary/aromatic N) is 2. The fraction of sp³-hybridized carbons (Fsp3) is 0.800. The highest BCUT2D eigenvalue weighted by Crippen LogP contribution is 2.35. The number of carbonyl (C=O) groups excluding carboxylic acids is 2. The van der Waals surface area contributed by atoms with E-state index in [4.69, 9.17) is 0 Å². The summed E-state index contributed by atoms with van der Waals surface area (Å²) in [6.07, 6.45) is 3.29. The van der Waals surface area contributed by atoms with Gasteiger partial charge >= 0.3 is 0 Å². The highest BCUT2D eigenvalue weighted by Gasteiger charge is 2.47. The first-order chi connectivity index (χ1) is 7.19. The van der Waals surface area contributed by atoms with Crippen molar-refractivity contribution in [2.45, 2.75) is 24.8 Å². The van der Waals surface area contributed by atoms with Crippen LogP contribution in [-0.4, -0.2) is 54.4 Å². The Morgan fingerprint density at radius 3 is 2.73 bits per heavy atom. The van der Waals surface area contributed by atoms with Gasteiger partial charge in [0, 0.05) is 13.5 Å². The number of hydrogen-bond donors (Lipinski definition) is 1. The molecule has 1 spiro atoms. The molecule has 0 aromatic rings. The summed E-state index contributed by atoms with van der Waals surface area (Å²) >= 11 is 0. The number of piperidine rings is 1. The van der Waals surface area contributed by atoms with Crippen molar-refractivity contribution in [2.24, 2.45) is 0 Å². The lowest BCUT2D eigenvalue weighted by Gasteiger charge is -2.40. The van der Waals surface area contributed by atoms with Crippen LogP contribution in [-0.2, 0) is 9.59 Å². The summed E-state index contributed by atoms with van der Waals surface area (Å²) < 4.78 is 0. The van der Waals surface area contributed by atoms with Crippen LogP contribution in [0.15, 0.2) is 0 Å². The zero-order valence-electron chi connectivity index (χ0n) is 9.03. The molecule has 2 aliphatic heterocycles. The Morgan fingerprint density at radius 1 is 1.47 bits per heavy atom. The molecule has 2 rings (SSSR count). The van der Waals surface area contributed by atoms with E-state index in [1.54, 1.807) is 5.01 Å². The second-order valence-electron chi connectivity index (χ2n) is 4.32. The number of carbonyl (C=O) groups is 2. The first kappa shape index (κ1) is 10.6. The van der Waals surface area contributed by atoms with E-state index in [-0.39, 0.29) is 18.0 Å². The molecule has 2 aliphatic rings. The molecule has 0 aromatic heterocycles. The Bertz CT molecular complexity index is 274. The van der Waals surface area contributed by atoms with Crippen LogP contribution in [0.2, 0.25) is 0 Å². The van der Waals surface area contributed by atoms with Gasteiger partial charge in [-0.05, 0) is 25.9 Å². The van der Waals surface area contributed by atoms with E-state index in [1.807, 2.05) is 12.1 Å².